The summed E-state index contributed by atoms with van der Waals surface area (Å²) >= 11 is 0. The van der Waals surface area contributed by atoms with Crippen molar-refractivity contribution in [1.82, 2.24) is 0 Å². The van der Waals surface area contributed by atoms with E-state index < -0.39 is 0 Å². The lowest BCUT2D eigenvalue weighted by molar-refractivity contribution is 0.0600. The second-order valence-electron chi connectivity index (χ2n) is 3.49. The highest BCUT2D eigenvalue weighted by Gasteiger charge is 2.22. The van der Waals surface area contributed by atoms with E-state index in [9.17, 15) is 4.79 Å². The van der Waals surface area contributed by atoms with Gasteiger partial charge in [0.15, 0.2) is 0 Å². The fourth-order valence-corrected chi connectivity index (χ4v) is 1.68. The lowest BCUT2D eigenvalue weighted by Crippen LogP contribution is -2.24. The minimum atomic E-state index is -0.349. The van der Waals surface area contributed by atoms with Crippen LogP contribution in [0.1, 0.15) is 15.9 Å². The summed E-state index contributed by atoms with van der Waals surface area (Å²) in [5, 5.41) is 0. The average molecular weight is 244 g/mol. The molecule has 0 saturated heterocycles. The van der Waals surface area contributed by atoms with E-state index in [1.165, 1.54) is 7.11 Å². The van der Waals surface area contributed by atoms with Gasteiger partial charge in [-0.25, -0.2) is 4.79 Å². The summed E-state index contributed by atoms with van der Waals surface area (Å²) < 4.78 is 10.2. The minimum Gasteiger partial charge on any atom is -0.488 e. The SMILES string of the molecule is COC(=O)c1ccc2c(c1)OC(CN)C2.Cl. The first-order chi connectivity index (χ1) is 7.24. The first-order valence-corrected chi connectivity index (χ1v) is 4.82. The molecule has 5 heteroatoms. The zero-order valence-corrected chi connectivity index (χ0v) is 9.75. The van der Waals surface area contributed by atoms with E-state index in [4.69, 9.17) is 10.5 Å². The third kappa shape index (κ3) is 2.28. The molecule has 4 nitrogen and oxygen atoms in total. The Hall–Kier alpha value is -1.26. The van der Waals surface area contributed by atoms with Crippen LogP contribution in [0.5, 0.6) is 5.75 Å². The van der Waals surface area contributed by atoms with Crippen LogP contribution < -0.4 is 10.5 Å². The molecule has 1 unspecified atom stereocenters. The van der Waals surface area contributed by atoms with Crippen LogP contribution in [0.4, 0.5) is 0 Å². The van der Waals surface area contributed by atoms with Gasteiger partial charge in [0.25, 0.3) is 0 Å². The van der Waals surface area contributed by atoms with Crippen LogP contribution in [0, 0.1) is 0 Å². The molecule has 88 valence electrons. The van der Waals surface area contributed by atoms with Gasteiger partial charge in [-0.1, -0.05) is 6.07 Å². The van der Waals surface area contributed by atoms with Gasteiger partial charge in [-0.15, -0.1) is 12.4 Å². The van der Waals surface area contributed by atoms with Crippen LogP contribution in [0.15, 0.2) is 18.2 Å². The molecule has 0 saturated carbocycles. The fourth-order valence-electron chi connectivity index (χ4n) is 1.68. The number of carbonyl (C=O) groups excluding carboxylic acids is 1. The molecule has 1 aromatic carbocycles. The summed E-state index contributed by atoms with van der Waals surface area (Å²) in [7, 11) is 1.36. The molecule has 0 aromatic heterocycles. The largest absolute Gasteiger partial charge is 0.488 e. The normalized spacial score (nSPS) is 17.0. The van der Waals surface area contributed by atoms with E-state index in [0.29, 0.717) is 12.1 Å². The summed E-state index contributed by atoms with van der Waals surface area (Å²) in [6.07, 6.45) is 0.848. The molecule has 0 aliphatic carbocycles. The van der Waals surface area contributed by atoms with Crippen LogP contribution in [0.25, 0.3) is 0 Å². The molecule has 16 heavy (non-hydrogen) atoms. The first-order valence-electron chi connectivity index (χ1n) is 4.82. The van der Waals surface area contributed by atoms with Crippen molar-refractivity contribution in [3.8, 4) is 5.75 Å². The zero-order valence-electron chi connectivity index (χ0n) is 8.93. The van der Waals surface area contributed by atoms with Crippen molar-refractivity contribution in [2.24, 2.45) is 5.73 Å². The topological polar surface area (TPSA) is 61.5 Å². The van der Waals surface area contributed by atoms with Crippen LogP contribution in [0.3, 0.4) is 0 Å². The van der Waals surface area contributed by atoms with E-state index in [1.807, 2.05) is 6.07 Å². The van der Waals surface area contributed by atoms with Crippen LogP contribution in [-0.4, -0.2) is 25.7 Å². The molecule has 2 N–H and O–H groups in total. The number of rotatable bonds is 2. The molecule has 1 aliphatic rings. The Labute approximate surface area is 100 Å². The number of hydrogen-bond acceptors (Lipinski definition) is 4. The summed E-state index contributed by atoms with van der Waals surface area (Å²) in [5.74, 6) is 0.394. The molecule has 0 fully saturated rings. The lowest BCUT2D eigenvalue weighted by Gasteiger charge is -2.06. The Bertz CT molecular complexity index is 395. The number of esters is 1. The Morgan fingerprint density at radius 3 is 3.00 bits per heavy atom. The summed E-state index contributed by atoms with van der Waals surface area (Å²) in [4.78, 5) is 11.3. The number of methoxy groups -OCH3 is 1. The summed E-state index contributed by atoms with van der Waals surface area (Å²) in [6, 6.07) is 5.33. The van der Waals surface area contributed by atoms with Gasteiger partial charge in [-0.05, 0) is 17.7 Å². The third-order valence-electron chi connectivity index (χ3n) is 2.49. The second kappa shape index (κ2) is 5.18. The molecule has 0 amide bonds. The number of benzene rings is 1. The number of nitrogens with two attached hydrogens (primary N) is 1. The van der Waals surface area contributed by atoms with Gasteiger partial charge in [0.1, 0.15) is 11.9 Å². The smallest absolute Gasteiger partial charge is 0.337 e. The average Bonchev–Trinajstić information content (AvgIpc) is 2.69. The molecular formula is C11H14ClNO3. The van der Waals surface area contributed by atoms with Gasteiger partial charge in [0.2, 0.25) is 0 Å². The molecule has 1 atom stereocenters. The lowest BCUT2D eigenvalue weighted by atomic mass is 10.1. The van der Waals surface area contributed by atoms with Crippen molar-refractivity contribution in [2.75, 3.05) is 13.7 Å². The number of ether oxygens (including phenoxy) is 2. The molecule has 1 aromatic rings. The van der Waals surface area contributed by atoms with Gasteiger partial charge >= 0.3 is 5.97 Å². The number of fused-ring (bicyclic) bond motifs is 1. The van der Waals surface area contributed by atoms with Crippen LogP contribution in [-0.2, 0) is 11.2 Å². The first kappa shape index (κ1) is 12.8. The van der Waals surface area contributed by atoms with Crippen molar-refractivity contribution in [2.45, 2.75) is 12.5 Å². The van der Waals surface area contributed by atoms with Gasteiger partial charge in [0.05, 0.1) is 12.7 Å². The van der Waals surface area contributed by atoms with Gasteiger partial charge in [0, 0.05) is 13.0 Å². The highest BCUT2D eigenvalue weighted by molar-refractivity contribution is 5.90. The third-order valence-corrected chi connectivity index (χ3v) is 2.49. The second-order valence-corrected chi connectivity index (χ2v) is 3.49. The van der Waals surface area contributed by atoms with E-state index >= 15 is 0 Å². The van der Waals surface area contributed by atoms with E-state index in [1.54, 1.807) is 12.1 Å². The maximum Gasteiger partial charge on any atom is 0.337 e. The van der Waals surface area contributed by atoms with E-state index in [2.05, 4.69) is 4.74 Å². The molecule has 0 radical (unpaired) electrons. The maximum atomic E-state index is 11.3. The predicted molar refractivity (Wildman–Crippen MR) is 62.2 cm³/mol. The molecule has 2 rings (SSSR count). The highest BCUT2D eigenvalue weighted by Crippen LogP contribution is 2.29. The Morgan fingerprint density at radius 2 is 2.38 bits per heavy atom. The van der Waals surface area contributed by atoms with E-state index in [0.717, 1.165) is 17.7 Å². The molecule has 1 aliphatic heterocycles. The highest BCUT2D eigenvalue weighted by atomic mass is 35.5. The van der Waals surface area contributed by atoms with Crippen molar-refractivity contribution in [3.63, 3.8) is 0 Å². The van der Waals surface area contributed by atoms with E-state index in [-0.39, 0.29) is 24.5 Å². The van der Waals surface area contributed by atoms with Gasteiger partial charge in [-0.3, -0.25) is 0 Å². The maximum absolute atomic E-state index is 11.3. The summed E-state index contributed by atoms with van der Waals surface area (Å²) in [5.41, 5.74) is 7.12. The quantitative estimate of drug-likeness (QED) is 0.792. The standard InChI is InChI=1S/C11H13NO3.ClH/c1-14-11(13)8-3-2-7-4-9(6-12)15-10(7)5-8;/h2-3,5,9H,4,6,12H2,1H3;1H. The predicted octanol–water partition coefficient (Wildman–Crippen LogP) is 1.16. The number of halogens is 1. The number of hydrogen-bond donors (Lipinski definition) is 1. The Morgan fingerprint density at radius 1 is 1.62 bits per heavy atom. The molecule has 0 bridgehead atoms. The van der Waals surface area contributed by atoms with Crippen LogP contribution >= 0.6 is 12.4 Å². The van der Waals surface area contributed by atoms with Crippen molar-refractivity contribution in [3.05, 3.63) is 29.3 Å². The fraction of sp³-hybridized carbons (Fsp3) is 0.364. The van der Waals surface area contributed by atoms with Gasteiger partial charge < -0.3 is 15.2 Å². The zero-order chi connectivity index (χ0) is 10.8. The monoisotopic (exact) mass is 243 g/mol. The molecular weight excluding hydrogens is 230 g/mol. The van der Waals surface area contributed by atoms with Crippen molar-refractivity contribution < 1.29 is 14.3 Å². The van der Waals surface area contributed by atoms with Gasteiger partial charge in [-0.2, -0.15) is 0 Å². The molecule has 0 spiro atoms. The summed E-state index contributed by atoms with van der Waals surface area (Å²) in [6.45, 7) is 0.488. The number of carbonyl (C=O) groups is 1. The Balaban J connectivity index is 0.00000128. The van der Waals surface area contributed by atoms with Crippen molar-refractivity contribution in [1.29, 1.82) is 0 Å². The van der Waals surface area contributed by atoms with Crippen molar-refractivity contribution >= 4 is 18.4 Å². The molecule has 1 heterocycles. The van der Waals surface area contributed by atoms with Crippen LogP contribution in [0.2, 0.25) is 0 Å². The Kier molecular flexibility index (Phi) is 4.15. The minimum absolute atomic E-state index is 0.